The first-order chi connectivity index (χ1) is 12.2. The first-order valence-corrected chi connectivity index (χ1v) is 8.16. The standard InChI is InChI=1S/C18H22N6O.HI/c1-14-3-5-15(6-4-14)17-23-16(12-25-17)11-22-18(19-2)21-8-10-24-9-7-20-13-24;/h3-7,9,12-13H,8,10-11H2,1-2H3,(H2,19,21,22);1H. The summed E-state index contributed by atoms with van der Waals surface area (Å²) in [5.41, 5.74) is 3.01. The van der Waals surface area contributed by atoms with E-state index in [1.54, 1.807) is 25.8 Å². The molecule has 138 valence electrons. The summed E-state index contributed by atoms with van der Waals surface area (Å²) < 4.78 is 7.57. The highest BCUT2D eigenvalue weighted by Gasteiger charge is 2.07. The van der Waals surface area contributed by atoms with E-state index in [1.807, 2.05) is 35.0 Å². The van der Waals surface area contributed by atoms with Crippen LogP contribution in [0.2, 0.25) is 0 Å². The van der Waals surface area contributed by atoms with E-state index < -0.39 is 0 Å². The lowest BCUT2D eigenvalue weighted by molar-refractivity contribution is 0.572. The predicted molar refractivity (Wildman–Crippen MR) is 113 cm³/mol. The second kappa shape index (κ2) is 9.95. The van der Waals surface area contributed by atoms with Crippen molar-refractivity contribution in [2.45, 2.75) is 20.0 Å². The van der Waals surface area contributed by atoms with Crippen LogP contribution in [0.3, 0.4) is 0 Å². The summed E-state index contributed by atoms with van der Waals surface area (Å²) in [6.07, 6.45) is 7.16. The third-order valence-electron chi connectivity index (χ3n) is 3.73. The van der Waals surface area contributed by atoms with Crippen molar-refractivity contribution in [3.8, 4) is 11.5 Å². The molecule has 0 aliphatic rings. The number of imidazole rings is 1. The molecular weight excluding hydrogens is 443 g/mol. The number of rotatable bonds is 6. The van der Waals surface area contributed by atoms with Gasteiger partial charge in [0.15, 0.2) is 5.96 Å². The van der Waals surface area contributed by atoms with Gasteiger partial charge < -0.3 is 19.6 Å². The molecule has 0 atom stereocenters. The first-order valence-electron chi connectivity index (χ1n) is 8.16. The van der Waals surface area contributed by atoms with Crippen LogP contribution in [-0.2, 0) is 13.1 Å². The van der Waals surface area contributed by atoms with Gasteiger partial charge >= 0.3 is 0 Å². The summed E-state index contributed by atoms with van der Waals surface area (Å²) in [5.74, 6) is 1.35. The molecule has 0 radical (unpaired) electrons. The fourth-order valence-electron chi connectivity index (χ4n) is 2.33. The number of guanidine groups is 1. The normalized spacial score (nSPS) is 11.1. The Morgan fingerprint density at radius 1 is 1.23 bits per heavy atom. The number of nitrogens with zero attached hydrogens (tertiary/aromatic N) is 4. The maximum absolute atomic E-state index is 5.56. The zero-order valence-electron chi connectivity index (χ0n) is 14.8. The van der Waals surface area contributed by atoms with Crippen molar-refractivity contribution < 1.29 is 4.42 Å². The third kappa shape index (κ3) is 5.58. The summed E-state index contributed by atoms with van der Waals surface area (Å²) in [6, 6.07) is 8.11. The van der Waals surface area contributed by atoms with Gasteiger partial charge in [-0.2, -0.15) is 0 Å². The number of halogens is 1. The topological polar surface area (TPSA) is 80.3 Å². The number of nitrogens with one attached hydrogen (secondary N) is 2. The molecule has 3 rings (SSSR count). The molecule has 0 saturated heterocycles. The molecule has 0 aliphatic heterocycles. The molecular formula is C18H23IN6O. The van der Waals surface area contributed by atoms with E-state index in [9.17, 15) is 0 Å². The number of oxazole rings is 1. The van der Waals surface area contributed by atoms with E-state index in [0.29, 0.717) is 12.4 Å². The molecule has 0 fully saturated rings. The van der Waals surface area contributed by atoms with Crippen molar-refractivity contribution in [3.05, 3.63) is 60.5 Å². The summed E-state index contributed by atoms with van der Waals surface area (Å²) in [6.45, 7) is 4.17. The average Bonchev–Trinajstić information content (AvgIpc) is 3.30. The summed E-state index contributed by atoms with van der Waals surface area (Å²) in [5, 5.41) is 6.49. The molecule has 8 heteroatoms. The predicted octanol–water partition coefficient (Wildman–Crippen LogP) is 2.83. The summed E-state index contributed by atoms with van der Waals surface area (Å²) in [7, 11) is 1.74. The van der Waals surface area contributed by atoms with Crippen LogP contribution in [0.5, 0.6) is 0 Å². The van der Waals surface area contributed by atoms with Crippen molar-refractivity contribution in [3.63, 3.8) is 0 Å². The molecule has 2 N–H and O–H groups in total. The van der Waals surface area contributed by atoms with E-state index in [2.05, 4.69) is 32.5 Å². The van der Waals surface area contributed by atoms with E-state index in [-0.39, 0.29) is 24.0 Å². The van der Waals surface area contributed by atoms with Crippen molar-refractivity contribution >= 4 is 29.9 Å². The SMILES string of the molecule is CN=C(NCCn1ccnc1)NCc1coc(-c2ccc(C)cc2)n1.I. The quantitative estimate of drug-likeness (QED) is 0.332. The zero-order chi connectivity index (χ0) is 17.5. The zero-order valence-corrected chi connectivity index (χ0v) is 17.2. The minimum atomic E-state index is 0. The molecule has 0 amide bonds. The van der Waals surface area contributed by atoms with Crippen molar-refractivity contribution in [1.29, 1.82) is 0 Å². The van der Waals surface area contributed by atoms with Crippen molar-refractivity contribution in [2.24, 2.45) is 4.99 Å². The van der Waals surface area contributed by atoms with Gasteiger partial charge in [0.05, 0.1) is 18.6 Å². The average molecular weight is 466 g/mol. The van der Waals surface area contributed by atoms with Gasteiger partial charge in [-0.1, -0.05) is 17.7 Å². The van der Waals surface area contributed by atoms with Crippen LogP contribution in [-0.4, -0.2) is 34.1 Å². The molecule has 2 heterocycles. The van der Waals surface area contributed by atoms with Gasteiger partial charge in [0.2, 0.25) is 5.89 Å². The number of hydrogen-bond acceptors (Lipinski definition) is 4. The van der Waals surface area contributed by atoms with E-state index in [0.717, 1.165) is 30.3 Å². The van der Waals surface area contributed by atoms with Gasteiger partial charge in [-0.25, -0.2) is 9.97 Å². The Hall–Kier alpha value is -2.36. The fourth-order valence-corrected chi connectivity index (χ4v) is 2.33. The van der Waals surface area contributed by atoms with Crippen LogP contribution in [0.25, 0.3) is 11.5 Å². The Labute approximate surface area is 170 Å². The Kier molecular flexibility index (Phi) is 7.64. The lowest BCUT2D eigenvalue weighted by atomic mass is 10.1. The van der Waals surface area contributed by atoms with Gasteiger partial charge in [-0.3, -0.25) is 4.99 Å². The number of benzene rings is 1. The smallest absolute Gasteiger partial charge is 0.226 e. The second-order valence-electron chi connectivity index (χ2n) is 5.66. The monoisotopic (exact) mass is 466 g/mol. The van der Waals surface area contributed by atoms with Crippen molar-refractivity contribution in [2.75, 3.05) is 13.6 Å². The maximum atomic E-state index is 5.56. The van der Waals surface area contributed by atoms with Gasteiger partial charge in [0.1, 0.15) is 6.26 Å². The van der Waals surface area contributed by atoms with E-state index in [4.69, 9.17) is 4.42 Å². The van der Waals surface area contributed by atoms with Crippen LogP contribution in [0, 0.1) is 6.92 Å². The summed E-state index contributed by atoms with van der Waals surface area (Å²) in [4.78, 5) is 12.7. The minimum Gasteiger partial charge on any atom is -0.444 e. The van der Waals surface area contributed by atoms with Gasteiger partial charge in [-0.15, -0.1) is 24.0 Å². The lowest BCUT2D eigenvalue weighted by Crippen LogP contribution is -2.38. The van der Waals surface area contributed by atoms with Gasteiger partial charge in [0.25, 0.3) is 0 Å². The number of aliphatic imine (C=N–C) groups is 1. The van der Waals surface area contributed by atoms with E-state index >= 15 is 0 Å². The van der Waals surface area contributed by atoms with Crippen LogP contribution in [0.1, 0.15) is 11.3 Å². The highest BCUT2D eigenvalue weighted by Crippen LogP contribution is 2.18. The first kappa shape index (κ1) is 20.0. The number of hydrogen-bond donors (Lipinski definition) is 2. The molecule has 1 aromatic carbocycles. The Morgan fingerprint density at radius 2 is 2.04 bits per heavy atom. The molecule has 2 aromatic heterocycles. The molecule has 26 heavy (non-hydrogen) atoms. The van der Waals surface area contributed by atoms with Gasteiger partial charge in [0, 0.05) is 38.1 Å². The fraction of sp³-hybridized carbons (Fsp3) is 0.278. The molecule has 7 nitrogen and oxygen atoms in total. The largest absolute Gasteiger partial charge is 0.444 e. The molecule has 0 bridgehead atoms. The molecule has 0 unspecified atom stereocenters. The molecule has 0 saturated carbocycles. The van der Waals surface area contributed by atoms with Crippen LogP contribution in [0.4, 0.5) is 0 Å². The highest BCUT2D eigenvalue weighted by molar-refractivity contribution is 14.0. The summed E-state index contributed by atoms with van der Waals surface area (Å²) >= 11 is 0. The highest BCUT2D eigenvalue weighted by atomic mass is 127. The molecule has 0 aliphatic carbocycles. The number of aromatic nitrogens is 3. The Morgan fingerprint density at radius 3 is 2.73 bits per heavy atom. The molecule has 0 spiro atoms. The third-order valence-corrected chi connectivity index (χ3v) is 3.73. The van der Waals surface area contributed by atoms with Gasteiger partial charge in [-0.05, 0) is 19.1 Å². The van der Waals surface area contributed by atoms with Crippen LogP contribution >= 0.6 is 24.0 Å². The minimum absolute atomic E-state index is 0. The maximum Gasteiger partial charge on any atom is 0.226 e. The van der Waals surface area contributed by atoms with E-state index in [1.165, 1.54) is 5.56 Å². The lowest BCUT2D eigenvalue weighted by Gasteiger charge is -2.10. The van der Waals surface area contributed by atoms with Crippen molar-refractivity contribution in [1.82, 2.24) is 25.2 Å². The number of aryl methyl sites for hydroxylation is 1. The van der Waals surface area contributed by atoms with Crippen LogP contribution in [0.15, 0.2) is 58.7 Å². The molecule has 3 aromatic rings. The Bertz CT molecular complexity index is 811. The Balaban J connectivity index is 0.00000243. The second-order valence-corrected chi connectivity index (χ2v) is 5.66. The van der Waals surface area contributed by atoms with Crippen LogP contribution < -0.4 is 10.6 Å².